The first-order valence-corrected chi connectivity index (χ1v) is 12.6. The Morgan fingerprint density at radius 1 is 1.03 bits per heavy atom. The average Bonchev–Trinajstić information content (AvgIpc) is 3.30. The number of aliphatic hydroxyl groups is 1. The number of nitrogens with zero attached hydrogens (tertiary/aromatic N) is 1. The molecule has 7 rings (SSSR count). The van der Waals surface area contributed by atoms with Gasteiger partial charge < -0.3 is 10.1 Å². The largest absolute Gasteiger partial charge is 0.507 e. The van der Waals surface area contributed by atoms with Gasteiger partial charge in [0.1, 0.15) is 5.76 Å². The smallest absolute Gasteiger partial charge is 0.182 e. The summed E-state index contributed by atoms with van der Waals surface area (Å²) in [5.74, 6) is 0.473. The van der Waals surface area contributed by atoms with E-state index in [1.165, 1.54) is 64.0 Å². The minimum atomic E-state index is -0.137. The number of likely N-dealkylation sites (tertiary alicyclic amines) is 1. The first-order valence-electron chi connectivity index (χ1n) is 12.6. The van der Waals surface area contributed by atoms with E-state index in [-0.39, 0.29) is 11.5 Å². The fraction of sp³-hybridized carbons (Fsp3) is 0.258. The fourth-order valence-electron chi connectivity index (χ4n) is 5.62. The molecule has 35 heavy (non-hydrogen) atoms. The standard InChI is InChI=1S/C23H23NO2.C8H7N/c1-14-9-15-3-6-20-19(21(15)11-17(14)13-24-7-2-8-24)5-4-16-10-18(25)12-22(26)23(16)20;1-2-4-8-7(3-1)5-6-9-8/h4-5,9-12,14,26H,2-3,6-8,13H2,1H3;1-6,9H. The molecule has 1 unspecified atom stereocenters. The number of carbonyl (C=O) groups is 1. The number of aliphatic hydroxyl groups excluding tert-OH is 1. The van der Waals surface area contributed by atoms with Gasteiger partial charge in [-0.25, -0.2) is 0 Å². The highest BCUT2D eigenvalue weighted by molar-refractivity contribution is 6.17. The second kappa shape index (κ2) is 8.86. The lowest BCUT2D eigenvalue weighted by molar-refractivity contribution is -0.109. The van der Waals surface area contributed by atoms with Crippen LogP contribution in [-0.2, 0) is 11.2 Å². The zero-order valence-electron chi connectivity index (χ0n) is 20.1. The molecule has 1 aromatic heterocycles. The number of nitrogens with one attached hydrogen (secondary N) is 1. The summed E-state index contributed by atoms with van der Waals surface area (Å²) in [5, 5.41) is 13.7. The Morgan fingerprint density at radius 3 is 2.69 bits per heavy atom. The average molecular weight is 463 g/mol. The Kier molecular flexibility index (Phi) is 5.54. The third-order valence-electron chi connectivity index (χ3n) is 7.64. The highest BCUT2D eigenvalue weighted by Gasteiger charge is 2.26. The van der Waals surface area contributed by atoms with E-state index in [9.17, 15) is 9.90 Å². The summed E-state index contributed by atoms with van der Waals surface area (Å²) in [6, 6.07) is 14.4. The quantitative estimate of drug-likeness (QED) is 0.593. The van der Waals surface area contributed by atoms with Crippen molar-refractivity contribution < 1.29 is 9.90 Å². The maximum atomic E-state index is 11.7. The molecule has 2 aromatic carbocycles. The Morgan fingerprint density at radius 2 is 1.89 bits per heavy atom. The number of aromatic amines is 1. The van der Waals surface area contributed by atoms with E-state index in [0.717, 1.165) is 30.2 Å². The van der Waals surface area contributed by atoms with Crippen LogP contribution in [0.4, 0.5) is 0 Å². The van der Waals surface area contributed by atoms with E-state index >= 15 is 0 Å². The molecule has 1 aliphatic heterocycles. The fourth-order valence-corrected chi connectivity index (χ4v) is 5.62. The Hall–Kier alpha value is -3.63. The van der Waals surface area contributed by atoms with Crippen LogP contribution in [0.25, 0.3) is 28.3 Å². The molecule has 3 aromatic rings. The number of carbonyl (C=O) groups excluding carboxylic acids is 1. The van der Waals surface area contributed by atoms with Crippen LogP contribution < -0.4 is 10.4 Å². The minimum Gasteiger partial charge on any atom is -0.507 e. The van der Waals surface area contributed by atoms with Crippen LogP contribution in [0.3, 0.4) is 0 Å². The molecule has 1 fully saturated rings. The molecule has 0 radical (unpaired) electrons. The lowest BCUT2D eigenvalue weighted by Crippen LogP contribution is -2.39. The number of aromatic nitrogens is 1. The van der Waals surface area contributed by atoms with Gasteiger partial charge in [0, 0.05) is 29.9 Å². The Bertz CT molecular complexity index is 1520. The molecule has 176 valence electrons. The van der Waals surface area contributed by atoms with Crippen LogP contribution in [0.5, 0.6) is 0 Å². The topological polar surface area (TPSA) is 56.3 Å². The number of hydrogen-bond donors (Lipinski definition) is 2. The molecule has 2 heterocycles. The summed E-state index contributed by atoms with van der Waals surface area (Å²) in [4.78, 5) is 17.4. The van der Waals surface area contributed by atoms with Crippen molar-refractivity contribution in [2.45, 2.75) is 26.2 Å². The number of fused-ring (bicyclic) bond motifs is 5. The van der Waals surface area contributed by atoms with Crippen LogP contribution in [0.2, 0.25) is 0 Å². The van der Waals surface area contributed by atoms with Crippen LogP contribution in [-0.4, -0.2) is 40.4 Å². The molecule has 3 aliphatic carbocycles. The summed E-state index contributed by atoms with van der Waals surface area (Å²) < 4.78 is 0. The number of hydrogen-bond acceptors (Lipinski definition) is 3. The first-order chi connectivity index (χ1) is 17.1. The lowest BCUT2D eigenvalue weighted by Gasteiger charge is -2.34. The van der Waals surface area contributed by atoms with Crippen molar-refractivity contribution in [1.82, 2.24) is 9.88 Å². The normalized spacial score (nSPS) is 20.7. The van der Waals surface area contributed by atoms with E-state index in [1.807, 2.05) is 24.4 Å². The van der Waals surface area contributed by atoms with E-state index in [2.05, 4.69) is 53.2 Å². The van der Waals surface area contributed by atoms with Gasteiger partial charge >= 0.3 is 0 Å². The van der Waals surface area contributed by atoms with Crippen LogP contribution >= 0.6 is 0 Å². The zero-order valence-corrected chi connectivity index (χ0v) is 20.1. The Labute approximate surface area is 205 Å². The third-order valence-corrected chi connectivity index (χ3v) is 7.64. The van der Waals surface area contributed by atoms with Crippen LogP contribution in [0.1, 0.15) is 30.9 Å². The molecule has 1 saturated heterocycles. The number of para-hydroxylation sites is 1. The third kappa shape index (κ3) is 4.08. The van der Waals surface area contributed by atoms with E-state index in [4.69, 9.17) is 0 Å². The molecule has 4 nitrogen and oxygen atoms in total. The van der Waals surface area contributed by atoms with Crippen molar-refractivity contribution in [3.05, 3.63) is 99.6 Å². The van der Waals surface area contributed by atoms with Crippen molar-refractivity contribution in [2.24, 2.45) is 5.92 Å². The van der Waals surface area contributed by atoms with Gasteiger partial charge in [0.25, 0.3) is 0 Å². The number of benzene rings is 2. The van der Waals surface area contributed by atoms with Gasteiger partial charge in [-0.15, -0.1) is 0 Å². The molecule has 0 spiro atoms. The number of ketones is 1. The van der Waals surface area contributed by atoms with Crippen molar-refractivity contribution in [3.8, 4) is 0 Å². The van der Waals surface area contributed by atoms with Crippen molar-refractivity contribution in [2.75, 3.05) is 19.6 Å². The predicted molar refractivity (Wildman–Crippen MR) is 142 cm³/mol. The summed E-state index contributed by atoms with van der Waals surface area (Å²) >= 11 is 0. The van der Waals surface area contributed by atoms with E-state index in [0.29, 0.717) is 5.92 Å². The SMILES string of the molecule is CC1C=C2CCc3c4c(ccc3=C2C=C1CN1CCC1)=CC(=O)C=C4O.c1ccc2[nH]ccc2c1. The summed E-state index contributed by atoms with van der Waals surface area (Å²) in [6.45, 7) is 5.78. The molecule has 0 saturated carbocycles. The highest BCUT2D eigenvalue weighted by Crippen LogP contribution is 2.34. The second-order valence-corrected chi connectivity index (χ2v) is 9.94. The van der Waals surface area contributed by atoms with Gasteiger partial charge in [-0.3, -0.25) is 9.69 Å². The van der Waals surface area contributed by atoms with Crippen molar-refractivity contribution in [3.63, 3.8) is 0 Å². The zero-order chi connectivity index (χ0) is 23.9. The molecule has 0 bridgehead atoms. The molecule has 1 atom stereocenters. The molecule has 4 heteroatoms. The maximum absolute atomic E-state index is 11.7. The van der Waals surface area contributed by atoms with Gasteiger partial charge in [-0.1, -0.05) is 49.4 Å². The van der Waals surface area contributed by atoms with Crippen LogP contribution in [0.15, 0.2) is 78.0 Å². The molecule has 2 N–H and O–H groups in total. The second-order valence-electron chi connectivity index (χ2n) is 9.94. The van der Waals surface area contributed by atoms with E-state index < -0.39 is 0 Å². The molecule has 0 amide bonds. The summed E-state index contributed by atoms with van der Waals surface area (Å²) in [5.41, 5.74) is 7.46. The van der Waals surface area contributed by atoms with Crippen molar-refractivity contribution in [1.29, 1.82) is 0 Å². The number of H-pyrrole nitrogens is 1. The maximum Gasteiger partial charge on any atom is 0.182 e. The van der Waals surface area contributed by atoms with Gasteiger partial charge in [-0.05, 0) is 94.6 Å². The molecular weight excluding hydrogens is 432 g/mol. The molecular formula is C31H30N2O2. The lowest BCUT2D eigenvalue weighted by atomic mass is 9.78. The van der Waals surface area contributed by atoms with E-state index in [1.54, 1.807) is 6.08 Å². The number of rotatable bonds is 2. The van der Waals surface area contributed by atoms with Gasteiger partial charge in [0.2, 0.25) is 0 Å². The van der Waals surface area contributed by atoms with Gasteiger partial charge in [0.15, 0.2) is 5.78 Å². The molecule has 4 aliphatic rings. The highest BCUT2D eigenvalue weighted by atomic mass is 16.3. The Balaban J connectivity index is 0.000000212. The number of allylic oxidation sites excluding steroid dienone is 4. The van der Waals surface area contributed by atoms with Crippen LogP contribution in [0, 0.1) is 5.92 Å². The summed E-state index contributed by atoms with van der Waals surface area (Å²) in [7, 11) is 0. The summed E-state index contributed by atoms with van der Waals surface area (Å²) in [6.07, 6.45) is 13.0. The predicted octanol–water partition coefficient (Wildman–Crippen LogP) is 4.42. The minimum absolute atomic E-state index is 0.117. The first kappa shape index (κ1) is 21.9. The van der Waals surface area contributed by atoms with Gasteiger partial charge in [-0.2, -0.15) is 0 Å². The monoisotopic (exact) mass is 462 g/mol. The van der Waals surface area contributed by atoms with Crippen molar-refractivity contribution >= 4 is 34.1 Å². The van der Waals surface area contributed by atoms with Gasteiger partial charge in [0.05, 0.1) is 0 Å².